The van der Waals surface area contributed by atoms with Crippen molar-refractivity contribution < 1.29 is 45.6 Å². The van der Waals surface area contributed by atoms with Crippen molar-refractivity contribution in [1.29, 1.82) is 0 Å². The van der Waals surface area contributed by atoms with Crippen LogP contribution in [0.2, 0.25) is 0 Å². The van der Waals surface area contributed by atoms with Gasteiger partial charge in [0, 0.05) is 0 Å². The predicted molar refractivity (Wildman–Crippen MR) is 186 cm³/mol. The molecule has 0 aliphatic rings. The molecule has 4 rings (SSSR count). The van der Waals surface area contributed by atoms with Crippen molar-refractivity contribution in [2.45, 2.75) is 87.8 Å². The first-order chi connectivity index (χ1) is 22.8. The third-order valence-corrected chi connectivity index (χ3v) is 8.99. The standard InChI is InChI=1S/2C18H22O5S.Ca/c2*1-2-3-4-6-9-14-12-16(19)18(17(13-14)24(20,21)22)23-15-10-7-5-8-11-15;/h2*5,7-8,10-13,19H,2-4,6,9H2,1H3,(H,20,21,22);/q;;+2/p-2. The maximum Gasteiger partial charge on any atom is 2.00 e. The largest absolute Gasteiger partial charge is 2.00 e. The molecule has 4 aromatic carbocycles. The number of hydrogen-bond acceptors (Lipinski definition) is 9. The molecule has 0 amide bonds. The quantitative estimate of drug-likeness (QED) is 0.0657. The fourth-order valence-corrected chi connectivity index (χ4v) is 6.21. The van der Waals surface area contributed by atoms with Crippen LogP contribution in [0.3, 0.4) is 0 Å². The van der Waals surface area contributed by atoms with E-state index in [1.165, 1.54) is 24.3 Å². The van der Waals surface area contributed by atoms with Gasteiger partial charge in [0.25, 0.3) is 10.1 Å². The fourth-order valence-electron chi connectivity index (χ4n) is 4.87. The molecule has 49 heavy (non-hydrogen) atoms. The first-order valence-corrected chi connectivity index (χ1v) is 18.8. The van der Waals surface area contributed by atoms with Gasteiger partial charge in [-0.3, -0.25) is 4.55 Å². The van der Waals surface area contributed by atoms with E-state index in [-0.39, 0.29) is 49.2 Å². The molecular weight excluding hydrogens is 697 g/mol. The van der Waals surface area contributed by atoms with Gasteiger partial charge in [0.05, 0.1) is 4.90 Å². The second-order valence-electron chi connectivity index (χ2n) is 11.2. The van der Waals surface area contributed by atoms with Crippen molar-refractivity contribution in [2.24, 2.45) is 0 Å². The number of unbranched alkanes of at least 4 members (excludes halogenated alkanes) is 6. The zero-order valence-electron chi connectivity index (χ0n) is 27.8. The summed E-state index contributed by atoms with van der Waals surface area (Å²) in [6.07, 6.45) is 9.29. The van der Waals surface area contributed by atoms with Gasteiger partial charge in [-0.2, -0.15) is 8.42 Å². The number of aryl methyl sites for hydroxylation is 2. The molecule has 4 aromatic rings. The molecule has 0 radical (unpaired) electrons. The van der Waals surface area contributed by atoms with Gasteiger partial charge in [0.2, 0.25) is 0 Å². The number of para-hydroxylation sites is 2. The van der Waals surface area contributed by atoms with Crippen molar-refractivity contribution in [2.75, 3.05) is 0 Å². The SMILES string of the molecule is CCCCCCc1cc(O)c(Oc2ccccc2)c(S(=O)(=O)O)c1.CCCCCCc1cc([O-])c(Oc2ccccc2)c(S(=O)(=O)[O-])c1.[Ca+2]. The summed E-state index contributed by atoms with van der Waals surface area (Å²) in [5.41, 5.74) is 1.20. The van der Waals surface area contributed by atoms with Crippen LogP contribution < -0.4 is 14.6 Å². The molecule has 13 heteroatoms. The summed E-state index contributed by atoms with van der Waals surface area (Å²) < 4.78 is 78.4. The van der Waals surface area contributed by atoms with Crippen LogP contribution >= 0.6 is 0 Å². The number of rotatable bonds is 16. The predicted octanol–water partition coefficient (Wildman–Crippen LogP) is 7.75. The minimum atomic E-state index is -4.81. The number of hydrogen-bond donors (Lipinski definition) is 2. The van der Waals surface area contributed by atoms with Gasteiger partial charge in [-0.25, -0.2) is 8.42 Å². The summed E-state index contributed by atoms with van der Waals surface area (Å²) >= 11 is 0. The van der Waals surface area contributed by atoms with Gasteiger partial charge in [-0.05, 0) is 79.3 Å². The Hall–Kier alpha value is -2.84. The van der Waals surface area contributed by atoms with Gasteiger partial charge >= 0.3 is 37.7 Å². The number of aromatic hydroxyl groups is 1. The summed E-state index contributed by atoms with van der Waals surface area (Å²) in [4.78, 5) is -1.01. The monoisotopic (exact) mass is 738 g/mol. The summed E-state index contributed by atoms with van der Waals surface area (Å²) in [5, 5.41) is 22.5. The molecule has 0 fully saturated rings. The van der Waals surface area contributed by atoms with E-state index < -0.39 is 41.5 Å². The molecule has 260 valence electrons. The first-order valence-electron chi connectivity index (χ1n) is 15.9. The van der Waals surface area contributed by atoms with Crippen LogP contribution in [0.4, 0.5) is 0 Å². The third-order valence-electron chi connectivity index (χ3n) is 7.29. The van der Waals surface area contributed by atoms with Crippen molar-refractivity contribution in [3.63, 3.8) is 0 Å². The average Bonchev–Trinajstić information content (AvgIpc) is 3.04. The number of phenols is 1. The van der Waals surface area contributed by atoms with Crippen LogP contribution in [0.1, 0.15) is 76.3 Å². The molecule has 0 saturated carbocycles. The molecule has 0 unspecified atom stereocenters. The molecule has 0 atom stereocenters. The molecule has 0 saturated heterocycles. The molecule has 0 heterocycles. The summed E-state index contributed by atoms with van der Waals surface area (Å²) in [6, 6.07) is 22.2. The molecule has 0 aliphatic heterocycles. The van der Waals surface area contributed by atoms with Crippen LogP contribution in [0.25, 0.3) is 0 Å². The Kier molecular flexibility index (Phi) is 17.9. The minimum Gasteiger partial charge on any atom is -0.870 e. The fraction of sp³-hybridized carbons (Fsp3) is 0.333. The number of benzene rings is 4. The second-order valence-corrected chi connectivity index (χ2v) is 14.0. The third kappa shape index (κ3) is 14.1. The van der Waals surface area contributed by atoms with Crippen molar-refractivity contribution in [1.82, 2.24) is 0 Å². The van der Waals surface area contributed by atoms with Gasteiger partial charge in [-0.15, -0.1) is 0 Å². The Morgan fingerprint density at radius 2 is 1.08 bits per heavy atom. The smallest absolute Gasteiger partial charge is 0.870 e. The maximum absolute atomic E-state index is 12.3. The normalized spacial score (nSPS) is 11.2. The van der Waals surface area contributed by atoms with E-state index in [0.29, 0.717) is 35.5 Å². The van der Waals surface area contributed by atoms with Crippen LogP contribution in [0, 0.1) is 0 Å². The Balaban J connectivity index is 0.000000333. The van der Waals surface area contributed by atoms with Crippen LogP contribution in [0.15, 0.2) is 94.7 Å². The summed E-state index contributed by atoms with van der Waals surface area (Å²) in [7, 11) is -9.33. The molecule has 0 bridgehead atoms. The molecule has 0 aliphatic carbocycles. The zero-order valence-corrected chi connectivity index (χ0v) is 31.7. The minimum absolute atomic E-state index is 0. The number of phenolic OH excluding ortho intramolecular Hbond substituents is 1. The summed E-state index contributed by atoms with van der Waals surface area (Å²) in [5.74, 6) is -0.932. The first kappa shape index (κ1) is 42.3. The second kappa shape index (κ2) is 20.7. The van der Waals surface area contributed by atoms with E-state index in [1.807, 2.05) is 0 Å². The topological polar surface area (TPSA) is 173 Å². The molecule has 10 nitrogen and oxygen atoms in total. The van der Waals surface area contributed by atoms with E-state index in [9.17, 15) is 36.2 Å². The van der Waals surface area contributed by atoms with E-state index >= 15 is 0 Å². The van der Waals surface area contributed by atoms with E-state index in [2.05, 4.69) is 13.8 Å². The van der Waals surface area contributed by atoms with Crippen LogP contribution in [0.5, 0.6) is 34.5 Å². The Morgan fingerprint density at radius 3 is 1.53 bits per heavy atom. The molecule has 0 aromatic heterocycles. The Labute approximate surface area is 319 Å². The molecule has 0 spiro atoms. The maximum atomic E-state index is 12.3. The van der Waals surface area contributed by atoms with Crippen LogP contribution in [-0.2, 0) is 33.1 Å². The van der Waals surface area contributed by atoms with E-state index in [1.54, 1.807) is 60.7 Å². The van der Waals surface area contributed by atoms with Crippen molar-refractivity contribution in [3.8, 4) is 34.5 Å². The Bertz CT molecular complexity index is 1680. The van der Waals surface area contributed by atoms with Crippen LogP contribution in [-0.4, -0.2) is 68.8 Å². The molecule has 2 N–H and O–H groups in total. The van der Waals surface area contributed by atoms with Gasteiger partial charge in [-0.1, -0.05) is 101 Å². The van der Waals surface area contributed by atoms with Gasteiger partial charge < -0.3 is 24.2 Å². The van der Waals surface area contributed by atoms with E-state index in [0.717, 1.165) is 51.4 Å². The van der Waals surface area contributed by atoms with E-state index in [4.69, 9.17) is 9.47 Å². The van der Waals surface area contributed by atoms with Crippen molar-refractivity contribution in [3.05, 3.63) is 96.1 Å². The molecular formula is C36H42CaO10S2. The Morgan fingerprint density at radius 1 is 0.633 bits per heavy atom. The zero-order chi connectivity index (χ0) is 35.2. The van der Waals surface area contributed by atoms with Gasteiger partial charge in [0.15, 0.2) is 11.5 Å². The van der Waals surface area contributed by atoms with Gasteiger partial charge in [0.1, 0.15) is 32.3 Å². The number of ether oxygens (including phenoxy) is 2. The average molecular weight is 739 g/mol. The summed E-state index contributed by atoms with van der Waals surface area (Å²) in [6.45, 7) is 4.20. The van der Waals surface area contributed by atoms with Crippen molar-refractivity contribution >= 4 is 58.0 Å².